The zero-order chi connectivity index (χ0) is 20.4. The summed E-state index contributed by atoms with van der Waals surface area (Å²) in [5.41, 5.74) is -0.278. The Balaban J connectivity index is 1.30. The van der Waals surface area contributed by atoms with Gasteiger partial charge in [-0.05, 0) is 62.5 Å². The van der Waals surface area contributed by atoms with Crippen LogP contribution in [0.1, 0.15) is 38.5 Å². The minimum atomic E-state index is -3.88. The lowest BCUT2D eigenvalue weighted by Gasteiger charge is -2.60. The maximum absolute atomic E-state index is 14.0. The van der Waals surface area contributed by atoms with Crippen molar-refractivity contribution in [1.29, 1.82) is 0 Å². The van der Waals surface area contributed by atoms with E-state index >= 15 is 0 Å². The molecule has 2 unspecified atom stereocenters. The number of halogens is 2. The quantitative estimate of drug-likeness (QED) is 0.617. The minimum absolute atomic E-state index is 0.114. The third-order valence-electron chi connectivity index (χ3n) is 7.42. The maximum atomic E-state index is 14.0. The molecule has 0 spiro atoms. The normalized spacial score (nSPS) is 37.1. The summed E-state index contributed by atoms with van der Waals surface area (Å²) in [7, 11) is -3.88. The first-order chi connectivity index (χ1) is 13.7. The summed E-state index contributed by atoms with van der Waals surface area (Å²) in [6, 6.07) is 5.47. The molecule has 0 aromatic heterocycles. The van der Waals surface area contributed by atoms with Gasteiger partial charge in [0.05, 0.1) is 5.41 Å². The lowest BCUT2D eigenvalue weighted by atomic mass is 9.49. The van der Waals surface area contributed by atoms with Gasteiger partial charge in [-0.2, -0.15) is 4.31 Å². The number of carbonyl (C=O) groups is 1. The fraction of sp³-hybridized carbons (Fsp3) is 0.667. The van der Waals surface area contributed by atoms with E-state index in [9.17, 15) is 17.6 Å². The average Bonchev–Trinajstić information content (AvgIpc) is 2.66. The lowest BCUT2D eigenvalue weighted by Crippen LogP contribution is -2.61. The summed E-state index contributed by atoms with van der Waals surface area (Å²) < 4.78 is 41.1. The summed E-state index contributed by atoms with van der Waals surface area (Å²) in [5.74, 6) is 0.727. The predicted molar refractivity (Wildman–Crippen MR) is 111 cm³/mol. The number of carbonyl (C=O) groups excluding carboxylic acids is 1. The first kappa shape index (κ1) is 19.9. The van der Waals surface area contributed by atoms with Gasteiger partial charge in [0.25, 0.3) is 0 Å². The van der Waals surface area contributed by atoms with E-state index in [0.29, 0.717) is 24.9 Å². The molecule has 6 rings (SSSR count). The third-order valence-corrected chi connectivity index (χ3v) is 10.3. The van der Waals surface area contributed by atoms with Crippen molar-refractivity contribution < 1.29 is 17.6 Å². The molecule has 4 aliphatic carbocycles. The Morgan fingerprint density at radius 2 is 1.66 bits per heavy atom. The summed E-state index contributed by atoms with van der Waals surface area (Å²) in [6.07, 6.45) is 6.45. The van der Waals surface area contributed by atoms with Crippen molar-refractivity contribution in [3.05, 3.63) is 30.1 Å². The summed E-state index contributed by atoms with van der Waals surface area (Å²) in [4.78, 5) is 15.1. The number of hydrogen-bond donors (Lipinski definition) is 0. The zero-order valence-electron chi connectivity index (χ0n) is 16.3. The first-order valence-electron chi connectivity index (χ1n) is 10.4. The second-order valence-electron chi connectivity index (χ2n) is 9.52. The number of amides is 1. The van der Waals surface area contributed by atoms with Gasteiger partial charge in [-0.25, -0.2) is 12.8 Å². The van der Waals surface area contributed by atoms with Crippen LogP contribution >= 0.6 is 15.9 Å². The van der Waals surface area contributed by atoms with Crippen LogP contribution in [-0.4, -0.2) is 54.0 Å². The average molecular weight is 485 g/mol. The van der Waals surface area contributed by atoms with Crippen molar-refractivity contribution in [2.45, 2.75) is 47.7 Å². The number of rotatable bonds is 3. The zero-order valence-corrected chi connectivity index (χ0v) is 18.7. The molecule has 158 valence electrons. The molecule has 29 heavy (non-hydrogen) atoms. The second kappa shape index (κ2) is 6.76. The van der Waals surface area contributed by atoms with Gasteiger partial charge in [0, 0.05) is 30.5 Å². The van der Waals surface area contributed by atoms with E-state index in [2.05, 4.69) is 15.9 Å². The van der Waals surface area contributed by atoms with E-state index in [0.717, 1.165) is 25.3 Å². The maximum Gasteiger partial charge on any atom is 0.246 e. The fourth-order valence-corrected chi connectivity index (χ4v) is 9.60. The molecule has 4 bridgehead atoms. The van der Waals surface area contributed by atoms with E-state index < -0.39 is 15.8 Å². The van der Waals surface area contributed by atoms with E-state index in [1.807, 2.05) is 4.90 Å². The molecule has 5 aliphatic rings. The number of piperazine rings is 1. The lowest BCUT2D eigenvalue weighted by molar-refractivity contribution is -0.156. The minimum Gasteiger partial charge on any atom is -0.340 e. The molecule has 5 fully saturated rings. The van der Waals surface area contributed by atoms with Crippen molar-refractivity contribution in [2.75, 3.05) is 26.2 Å². The van der Waals surface area contributed by atoms with Gasteiger partial charge in [-0.3, -0.25) is 4.79 Å². The van der Waals surface area contributed by atoms with Crippen LogP contribution in [0.15, 0.2) is 29.2 Å². The van der Waals surface area contributed by atoms with E-state index in [1.165, 1.54) is 41.8 Å². The van der Waals surface area contributed by atoms with Crippen LogP contribution in [-0.2, 0) is 14.8 Å². The summed E-state index contributed by atoms with van der Waals surface area (Å²) >= 11 is 3.96. The Kier molecular flexibility index (Phi) is 4.65. The standard InChI is InChI=1S/C21H26BrFN2O3S/c22-21-12-15-9-16(13-21)11-20(10-15,14-21)19(26)24-5-7-25(8-6-24)29(27,28)18-4-2-1-3-17(18)23/h1-4,15-16H,5-14H2. The van der Waals surface area contributed by atoms with Crippen LogP contribution in [0, 0.1) is 23.1 Å². The van der Waals surface area contributed by atoms with Crippen LogP contribution in [0.5, 0.6) is 0 Å². The van der Waals surface area contributed by atoms with E-state index in [4.69, 9.17) is 0 Å². The summed E-state index contributed by atoms with van der Waals surface area (Å²) in [5, 5.41) is 0. The second-order valence-corrected chi connectivity index (χ2v) is 13.1. The molecular weight excluding hydrogens is 459 g/mol. The van der Waals surface area contributed by atoms with Gasteiger partial charge in [-0.15, -0.1) is 0 Å². The smallest absolute Gasteiger partial charge is 0.246 e. The Labute approximate surface area is 179 Å². The first-order valence-corrected chi connectivity index (χ1v) is 12.7. The van der Waals surface area contributed by atoms with Gasteiger partial charge in [-0.1, -0.05) is 28.1 Å². The van der Waals surface area contributed by atoms with Crippen LogP contribution < -0.4 is 0 Å². The van der Waals surface area contributed by atoms with E-state index in [-0.39, 0.29) is 33.6 Å². The molecule has 8 heteroatoms. The van der Waals surface area contributed by atoms with Gasteiger partial charge in [0.1, 0.15) is 10.7 Å². The van der Waals surface area contributed by atoms with E-state index in [1.54, 1.807) is 0 Å². The van der Waals surface area contributed by atoms with Gasteiger partial charge in [0.15, 0.2) is 0 Å². The van der Waals surface area contributed by atoms with Crippen molar-refractivity contribution in [3.8, 4) is 0 Å². The van der Waals surface area contributed by atoms with Crippen LogP contribution in [0.2, 0.25) is 0 Å². The predicted octanol–water partition coefficient (Wildman–Crippen LogP) is 3.39. The van der Waals surface area contributed by atoms with Crippen LogP contribution in [0.3, 0.4) is 0 Å². The molecule has 5 nitrogen and oxygen atoms in total. The highest BCUT2D eigenvalue weighted by atomic mass is 79.9. The number of nitrogens with zero attached hydrogens (tertiary/aromatic N) is 2. The summed E-state index contributed by atoms with van der Waals surface area (Å²) in [6.45, 7) is 1.17. The SMILES string of the molecule is O=C(N1CCN(S(=O)(=O)c2ccccc2F)CC1)C12CC3CC(CC(Br)(C3)C1)C2. The largest absolute Gasteiger partial charge is 0.340 e. The number of hydrogen-bond acceptors (Lipinski definition) is 3. The molecule has 1 aromatic rings. The highest BCUT2D eigenvalue weighted by Gasteiger charge is 2.60. The molecule has 0 N–H and O–H groups in total. The van der Waals surface area contributed by atoms with Crippen molar-refractivity contribution in [2.24, 2.45) is 17.3 Å². The molecular formula is C21H26BrFN2O3S. The molecule has 4 saturated carbocycles. The number of alkyl halides is 1. The van der Waals surface area contributed by atoms with Crippen LogP contribution in [0.4, 0.5) is 4.39 Å². The third kappa shape index (κ3) is 3.26. The highest BCUT2D eigenvalue weighted by molar-refractivity contribution is 9.10. The molecule has 1 saturated heterocycles. The Hall–Kier alpha value is -0.990. The Bertz CT molecular complexity index is 931. The van der Waals surface area contributed by atoms with Crippen LogP contribution in [0.25, 0.3) is 0 Å². The molecule has 0 radical (unpaired) electrons. The highest BCUT2D eigenvalue weighted by Crippen LogP contribution is 2.64. The fourth-order valence-electron chi connectivity index (χ4n) is 6.66. The molecule has 1 amide bonds. The molecule has 1 aromatic carbocycles. The van der Waals surface area contributed by atoms with Crippen molar-refractivity contribution >= 4 is 31.9 Å². The monoisotopic (exact) mass is 484 g/mol. The number of benzene rings is 1. The van der Waals surface area contributed by atoms with Crippen molar-refractivity contribution in [3.63, 3.8) is 0 Å². The van der Waals surface area contributed by atoms with Crippen molar-refractivity contribution in [1.82, 2.24) is 9.21 Å². The number of sulfonamides is 1. The molecule has 1 aliphatic heterocycles. The Morgan fingerprint density at radius 3 is 2.24 bits per heavy atom. The topological polar surface area (TPSA) is 57.7 Å². The molecule has 2 atom stereocenters. The molecule has 1 heterocycles. The van der Waals surface area contributed by atoms with Gasteiger partial charge in [0.2, 0.25) is 15.9 Å². The van der Waals surface area contributed by atoms with Gasteiger partial charge < -0.3 is 4.90 Å². The van der Waals surface area contributed by atoms with Gasteiger partial charge >= 0.3 is 0 Å². The Morgan fingerprint density at radius 1 is 1.03 bits per heavy atom.